The van der Waals surface area contributed by atoms with Gasteiger partial charge in [-0.05, 0) is 30.3 Å². The summed E-state index contributed by atoms with van der Waals surface area (Å²) < 4.78 is 19.8. The Hall–Kier alpha value is -3.15. The number of halogens is 1. The van der Waals surface area contributed by atoms with Crippen LogP contribution in [-0.4, -0.2) is 21.9 Å². The molecule has 6 heteroatoms. The second-order valence-corrected chi connectivity index (χ2v) is 5.16. The summed E-state index contributed by atoms with van der Waals surface area (Å²) >= 11 is 0. The van der Waals surface area contributed by atoms with Gasteiger partial charge in [0, 0.05) is 17.6 Å². The molecule has 23 heavy (non-hydrogen) atoms. The summed E-state index contributed by atoms with van der Waals surface area (Å²) in [5, 5.41) is 5.19. The minimum Gasteiger partial charge on any atom is -0.497 e. The Bertz CT molecular complexity index is 1050. The summed E-state index contributed by atoms with van der Waals surface area (Å²) in [5.41, 5.74) is 1.93. The van der Waals surface area contributed by atoms with Crippen molar-refractivity contribution in [2.75, 3.05) is 7.11 Å². The van der Waals surface area contributed by atoms with Gasteiger partial charge < -0.3 is 9.72 Å². The van der Waals surface area contributed by atoms with Crippen molar-refractivity contribution in [3.8, 4) is 22.7 Å². The van der Waals surface area contributed by atoms with Crippen LogP contribution in [0.2, 0.25) is 0 Å². The second kappa shape index (κ2) is 4.95. The first kappa shape index (κ1) is 13.5. The standard InChI is InChI=1S/C17H12FN3O2/c1-23-12-5-6-13-15(8-12)19-9-14-16(13)20-21(17(14)22)11-4-2-3-10(18)7-11/h2-9,19H,1H3. The fourth-order valence-corrected chi connectivity index (χ4v) is 2.65. The van der Waals surface area contributed by atoms with Crippen molar-refractivity contribution in [3.05, 3.63) is 64.8 Å². The zero-order valence-corrected chi connectivity index (χ0v) is 12.2. The van der Waals surface area contributed by atoms with Gasteiger partial charge in [0.1, 0.15) is 17.3 Å². The van der Waals surface area contributed by atoms with Gasteiger partial charge in [-0.15, -0.1) is 0 Å². The Morgan fingerprint density at radius 1 is 1.22 bits per heavy atom. The molecule has 0 aromatic heterocycles. The number of fused-ring (bicyclic) bond motifs is 3. The van der Waals surface area contributed by atoms with E-state index >= 15 is 0 Å². The Kier molecular flexibility index (Phi) is 2.90. The molecule has 1 N–H and O–H groups in total. The number of aromatic nitrogens is 3. The average Bonchev–Trinajstić information content (AvgIpc) is 2.91. The first-order valence-corrected chi connectivity index (χ1v) is 7.01. The third kappa shape index (κ3) is 2.07. The van der Waals surface area contributed by atoms with Crippen molar-refractivity contribution >= 4 is 10.9 Å². The maximum Gasteiger partial charge on any atom is 0.282 e. The molecule has 0 amide bonds. The van der Waals surface area contributed by atoms with Crippen LogP contribution in [0.4, 0.5) is 4.39 Å². The summed E-state index contributed by atoms with van der Waals surface area (Å²) in [6.45, 7) is 0. The van der Waals surface area contributed by atoms with E-state index in [-0.39, 0.29) is 5.56 Å². The third-order valence-corrected chi connectivity index (χ3v) is 3.78. The molecule has 114 valence electrons. The van der Waals surface area contributed by atoms with Crippen LogP contribution in [0, 0.1) is 5.82 Å². The molecular formula is C17H12FN3O2. The van der Waals surface area contributed by atoms with Crippen LogP contribution in [0.15, 0.2) is 53.5 Å². The van der Waals surface area contributed by atoms with E-state index in [0.29, 0.717) is 22.7 Å². The maximum absolute atomic E-state index is 13.4. The van der Waals surface area contributed by atoms with Gasteiger partial charge in [-0.3, -0.25) is 4.79 Å². The lowest BCUT2D eigenvalue weighted by atomic mass is 10.1. The van der Waals surface area contributed by atoms with Crippen LogP contribution in [-0.2, 0) is 0 Å². The number of pyridine rings is 1. The third-order valence-electron chi connectivity index (χ3n) is 3.78. The SMILES string of the molecule is COc1ccc2c3nn(-c4cccc(F)c4)c(=O)c-3c[nH]c2c1. The van der Waals surface area contributed by atoms with E-state index in [1.165, 1.54) is 16.8 Å². The van der Waals surface area contributed by atoms with E-state index in [1.54, 1.807) is 31.5 Å². The van der Waals surface area contributed by atoms with Crippen molar-refractivity contribution in [2.45, 2.75) is 0 Å². The number of H-pyrrole nitrogens is 1. The van der Waals surface area contributed by atoms with Crippen LogP contribution < -0.4 is 10.3 Å². The number of aromatic amines is 1. The maximum atomic E-state index is 13.4. The molecule has 0 saturated carbocycles. The molecule has 0 saturated heterocycles. The fraction of sp³-hybridized carbons (Fsp3) is 0.0588. The molecule has 2 aliphatic heterocycles. The molecule has 2 aromatic rings. The molecule has 0 radical (unpaired) electrons. The average molecular weight is 309 g/mol. The molecule has 2 aromatic carbocycles. The number of rotatable bonds is 2. The Morgan fingerprint density at radius 2 is 2.09 bits per heavy atom. The first-order valence-electron chi connectivity index (χ1n) is 7.01. The van der Waals surface area contributed by atoms with Crippen LogP contribution in [0.3, 0.4) is 0 Å². The van der Waals surface area contributed by atoms with Gasteiger partial charge in [0.25, 0.3) is 5.56 Å². The predicted octanol–water partition coefficient (Wildman–Crippen LogP) is 2.97. The number of benzene rings is 2. The lowest BCUT2D eigenvalue weighted by molar-refractivity contribution is 0.415. The Labute approximate surface area is 130 Å². The predicted molar refractivity (Wildman–Crippen MR) is 84.8 cm³/mol. The summed E-state index contributed by atoms with van der Waals surface area (Å²) in [5.74, 6) is 0.294. The molecule has 4 rings (SSSR count). The molecule has 0 aliphatic carbocycles. The topological polar surface area (TPSA) is 59.9 Å². The number of methoxy groups -OCH3 is 1. The first-order chi connectivity index (χ1) is 11.2. The minimum absolute atomic E-state index is 0.292. The number of nitrogens with zero attached hydrogens (tertiary/aromatic N) is 2. The van der Waals surface area contributed by atoms with E-state index in [4.69, 9.17) is 4.74 Å². The molecule has 0 fully saturated rings. The smallest absolute Gasteiger partial charge is 0.282 e. The molecule has 2 heterocycles. The highest BCUT2D eigenvalue weighted by Crippen LogP contribution is 2.28. The fourth-order valence-electron chi connectivity index (χ4n) is 2.65. The van der Waals surface area contributed by atoms with Crippen molar-refractivity contribution in [1.82, 2.24) is 14.8 Å². The molecule has 0 atom stereocenters. The van der Waals surface area contributed by atoms with E-state index in [2.05, 4.69) is 10.1 Å². The summed E-state index contributed by atoms with van der Waals surface area (Å²) in [4.78, 5) is 15.6. The summed E-state index contributed by atoms with van der Waals surface area (Å²) in [7, 11) is 1.59. The highest BCUT2D eigenvalue weighted by atomic mass is 19.1. The van der Waals surface area contributed by atoms with Gasteiger partial charge in [-0.25, -0.2) is 4.39 Å². The quantitative estimate of drug-likeness (QED) is 0.619. The monoisotopic (exact) mass is 309 g/mol. The van der Waals surface area contributed by atoms with Crippen molar-refractivity contribution < 1.29 is 9.13 Å². The van der Waals surface area contributed by atoms with Gasteiger partial charge in [-0.2, -0.15) is 9.78 Å². The van der Waals surface area contributed by atoms with Crippen LogP contribution in [0.5, 0.6) is 5.75 Å². The summed E-state index contributed by atoms with van der Waals surface area (Å²) in [6, 6.07) is 11.3. The normalized spacial score (nSPS) is 11.2. The number of nitrogens with one attached hydrogen (secondary N) is 1. The molecular weight excluding hydrogens is 297 g/mol. The van der Waals surface area contributed by atoms with Gasteiger partial charge >= 0.3 is 0 Å². The Morgan fingerprint density at radius 3 is 2.87 bits per heavy atom. The van der Waals surface area contributed by atoms with Crippen molar-refractivity contribution in [3.63, 3.8) is 0 Å². The number of hydrogen-bond donors (Lipinski definition) is 1. The highest BCUT2D eigenvalue weighted by molar-refractivity contribution is 5.93. The van der Waals surface area contributed by atoms with E-state index < -0.39 is 5.82 Å². The van der Waals surface area contributed by atoms with Crippen LogP contribution in [0.1, 0.15) is 0 Å². The molecule has 5 nitrogen and oxygen atoms in total. The molecule has 2 aliphatic rings. The van der Waals surface area contributed by atoms with E-state index in [9.17, 15) is 9.18 Å². The Balaban J connectivity index is 2.02. The van der Waals surface area contributed by atoms with Crippen LogP contribution >= 0.6 is 0 Å². The van der Waals surface area contributed by atoms with Gasteiger partial charge in [0.15, 0.2) is 0 Å². The van der Waals surface area contributed by atoms with E-state index in [1.807, 2.05) is 12.1 Å². The van der Waals surface area contributed by atoms with Gasteiger partial charge in [-0.1, -0.05) is 6.07 Å². The van der Waals surface area contributed by atoms with Crippen LogP contribution in [0.25, 0.3) is 27.8 Å². The lowest BCUT2D eigenvalue weighted by Gasteiger charge is -2.05. The number of hydrogen-bond acceptors (Lipinski definition) is 3. The zero-order valence-electron chi connectivity index (χ0n) is 12.2. The lowest BCUT2D eigenvalue weighted by Crippen LogP contribution is -2.14. The van der Waals surface area contributed by atoms with Gasteiger partial charge in [0.2, 0.25) is 0 Å². The van der Waals surface area contributed by atoms with E-state index in [0.717, 1.165) is 10.9 Å². The molecule has 0 unspecified atom stereocenters. The molecule has 0 spiro atoms. The minimum atomic E-state index is -0.414. The second-order valence-electron chi connectivity index (χ2n) is 5.16. The summed E-state index contributed by atoms with van der Waals surface area (Å²) in [6.07, 6.45) is 1.61. The van der Waals surface area contributed by atoms with Crippen molar-refractivity contribution in [2.24, 2.45) is 0 Å². The number of ether oxygens (including phenoxy) is 1. The highest BCUT2D eigenvalue weighted by Gasteiger charge is 2.19. The molecule has 0 bridgehead atoms. The van der Waals surface area contributed by atoms with Crippen molar-refractivity contribution in [1.29, 1.82) is 0 Å². The van der Waals surface area contributed by atoms with Gasteiger partial charge in [0.05, 0.1) is 23.9 Å². The zero-order chi connectivity index (χ0) is 16.0. The largest absolute Gasteiger partial charge is 0.497 e.